The van der Waals surface area contributed by atoms with E-state index in [-0.39, 0.29) is 22.4 Å². The second-order valence-electron chi connectivity index (χ2n) is 4.67. The summed E-state index contributed by atoms with van der Waals surface area (Å²) in [6.07, 6.45) is 0.998. The summed E-state index contributed by atoms with van der Waals surface area (Å²) in [4.78, 5) is -0.0831. The van der Waals surface area contributed by atoms with Gasteiger partial charge in [0.1, 0.15) is 5.75 Å². The zero-order valence-corrected chi connectivity index (χ0v) is 13.3. The van der Waals surface area contributed by atoms with Crippen LogP contribution < -0.4 is 4.72 Å². The molecule has 0 radical (unpaired) electrons. The molecule has 114 valence electrons. The number of aromatic hydroxyl groups is 1. The summed E-state index contributed by atoms with van der Waals surface area (Å²) in [5.74, 6) is -0.349. The van der Waals surface area contributed by atoms with Crippen molar-refractivity contribution in [2.24, 2.45) is 0 Å². The summed E-state index contributed by atoms with van der Waals surface area (Å²) in [6, 6.07) is 3.13. The molecule has 0 saturated carbocycles. The molecule has 2 N–H and O–H groups in total. The lowest BCUT2D eigenvalue weighted by atomic mass is 10.3. The number of hydrogen-bond donors (Lipinski definition) is 2. The van der Waals surface area contributed by atoms with Gasteiger partial charge in [-0.3, -0.25) is 4.72 Å². The van der Waals surface area contributed by atoms with Gasteiger partial charge in [-0.2, -0.15) is 12.7 Å². The monoisotopic (exact) mass is 322 g/mol. The van der Waals surface area contributed by atoms with E-state index in [4.69, 9.17) is 0 Å². The van der Waals surface area contributed by atoms with E-state index in [1.165, 1.54) is 13.1 Å². The van der Waals surface area contributed by atoms with E-state index in [1.54, 1.807) is 13.8 Å². The zero-order chi connectivity index (χ0) is 15.7. The van der Waals surface area contributed by atoms with E-state index >= 15 is 0 Å². The fraction of sp³-hybridized carbons (Fsp3) is 0.455. The van der Waals surface area contributed by atoms with Gasteiger partial charge in [0.15, 0.2) is 9.84 Å². The minimum Gasteiger partial charge on any atom is -0.506 e. The summed E-state index contributed by atoms with van der Waals surface area (Å²) < 4.78 is 50.1. The lowest BCUT2D eigenvalue weighted by molar-refractivity contribution is 0.413. The Morgan fingerprint density at radius 2 is 1.75 bits per heavy atom. The molecule has 0 fully saturated rings. The van der Waals surface area contributed by atoms with E-state index in [0.717, 1.165) is 22.7 Å². The van der Waals surface area contributed by atoms with Crippen molar-refractivity contribution in [3.8, 4) is 5.75 Å². The molecule has 0 aliphatic carbocycles. The number of benzene rings is 1. The number of nitrogens with one attached hydrogen (secondary N) is 1. The minimum absolute atomic E-state index is 0.0831. The van der Waals surface area contributed by atoms with Gasteiger partial charge in [-0.1, -0.05) is 0 Å². The van der Waals surface area contributed by atoms with Crippen LogP contribution in [0.3, 0.4) is 0 Å². The van der Waals surface area contributed by atoms with Gasteiger partial charge < -0.3 is 5.11 Å². The summed E-state index contributed by atoms with van der Waals surface area (Å²) in [6.45, 7) is 3.37. The van der Waals surface area contributed by atoms with E-state index in [2.05, 4.69) is 4.72 Å². The van der Waals surface area contributed by atoms with Gasteiger partial charge >= 0.3 is 10.2 Å². The standard InChI is InChI=1S/C11H18N2O5S2/c1-8(2)13(3)20(17,18)12-10-7-9(19(4,15)16)5-6-11(10)14/h5-8,12,14H,1-4H3. The SMILES string of the molecule is CC(C)N(C)S(=O)(=O)Nc1cc(S(C)(=O)=O)ccc1O. The average Bonchev–Trinajstić information content (AvgIpc) is 2.29. The van der Waals surface area contributed by atoms with Gasteiger partial charge in [-0.25, -0.2) is 8.42 Å². The lowest BCUT2D eigenvalue weighted by Gasteiger charge is -2.22. The van der Waals surface area contributed by atoms with E-state index in [1.807, 2.05) is 0 Å². The normalized spacial score (nSPS) is 12.9. The van der Waals surface area contributed by atoms with Crippen LogP contribution in [0.2, 0.25) is 0 Å². The van der Waals surface area contributed by atoms with Gasteiger partial charge in [0, 0.05) is 19.3 Å². The van der Waals surface area contributed by atoms with Crippen LogP contribution in [-0.2, 0) is 20.0 Å². The van der Waals surface area contributed by atoms with Gasteiger partial charge in [0.2, 0.25) is 0 Å². The van der Waals surface area contributed by atoms with Crippen LogP contribution in [0, 0.1) is 0 Å². The van der Waals surface area contributed by atoms with Crippen LogP contribution >= 0.6 is 0 Å². The van der Waals surface area contributed by atoms with E-state index < -0.39 is 20.0 Å². The van der Waals surface area contributed by atoms with Gasteiger partial charge in [-0.05, 0) is 32.0 Å². The Morgan fingerprint density at radius 1 is 1.20 bits per heavy atom. The molecule has 0 aliphatic heterocycles. The number of sulfone groups is 1. The predicted octanol–water partition coefficient (Wildman–Crippen LogP) is 0.793. The molecule has 0 aliphatic rings. The molecular weight excluding hydrogens is 304 g/mol. The molecular formula is C11H18N2O5S2. The van der Waals surface area contributed by atoms with Crippen molar-refractivity contribution < 1.29 is 21.9 Å². The molecule has 0 aromatic heterocycles. The highest BCUT2D eigenvalue weighted by molar-refractivity contribution is 7.91. The quantitative estimate of drug-likeness (QED) is 0.780. The minimum atomic E-state index is -3.87. The first-order valence-corrected chi connectivity index (χ1v) is 9.07. The van der Waals surface area contributed by atoms with Crippen LogP contribution in [-0.4, -0.2) is 45.6 Å². The number of nitrogens with zero attached hydrogens (tertiary/aromatic N) is 1. The number of phenolic OH excluding ortho intramolecular Hbond substituents is 1. The van der Waals surface area contributed by atoms with E-state index in [0.29, 0.717) is 0 Å². The van der Waals surface area contributed by atoms with Gasteiger partial charge in [0.25, 0.3) is 0 Å². The van der Waals surface area contributed by atoms with Crippen LogP contribution in [0.4, 0.5) is 5.69 Å². The molecule has 1 aromatic carbocycles. The maximum absolute atomic E-state index is 12.0. The molecule has 0 spiro atoms. The number of rotatable bonds is 5. The third-order valence-corrected chi connectivity index (χ3v) is 5.51. The van der Waals surface area contributed by atoms with Crippen molar-refractivity contribution >= 4 is 25.7 Å². The second kappa shape index (κ2) is 5.58. The van der Waals surface area contributed by atoms with Crippen LogP contribution in [0.5, 0.6) is 5.75 Å². The van der Waals surface area contributed by atoms with Crippen LogP contribution in [0.15, 0.2) is 23.1 Å². The Labute approximate surface area is 119 Å². The van der Waals surface area contributed by atoms with Gasteiger partial charge in [0.05, 0.1) is 10.6 Å². The van der Waals surface area contributed by atoms with Crippen molar-refractivity contribution in [3.05, 3.63) is 18.2 Å². The fourth-order valence-corrected chi connectivity index (χ4v) is 3.10. The Balaban J connectivity index is 3.22. The Morgan fingerprint density at radius 3 is 2.20 bits per heavy atom. The van der Waals surface area contributed by atoms with E-state index in [9.17, 15) is 21.9 Å². The van der Waals surface area contributed by atoms with Crippen LogP contribution in [0.25, 0.3) is 0 Å². The molecule has 0 atom stereocenters. The fourth-order valence-electron chi connectivity index (χ4n) is 1.32. The Hall–Kier alpha value is -1.32. The molecule has 1 rings (SSSR count). The molecule has 0 heterocycles. The maximum Gasteiger partial charge on any atom is 0.301 e. The smallest absolute Gasteiger partial charge is 0.301 e. The highest BCUT2D eigenvalue weighted by Gasteiger charge is 2.22. The summed E-state index contributed by atoms with van der Waals surface area (Å²) >= 11 is 0. The molecule has 0 bridgehead atoms. The van der Waals surface area contributed by atoms with Crippen molar-refractivity contribution in [2.75, 3.05) is 18.0 Å². The topological polar surface area (TPSA) is 104 Å². The zero-order valence-electron chi connectivity index (χ0n) is 11.7. The largest absolute Gasteiger partial charge is 0.506 e. The molecule has 9 heteroatoms. The third-order valence-electron chi connectivity index (χ3n) is 2.74. The van der Waals surface area contributed by atoms with Gasteiger partial charge in [-0.15, -0.1) is 0 Å². The molecule has 20 heavy (non-hydrogen) atoms. The average molecular weight is 322 g/mol. The van der Waals surface area contributed by atoms with Crippen molar-refractivity contribution in [1.82, 2.24) is 4.31 Å². The van der Waals surface area contributed by atoms with Crippen LogP contribution in [0.1, 0.15) is 13.8 Å². The summed E-state index contributed by atoms with van der Waals surface area (Å²) in [5.41, 5.74) is -0.180. The first-order valence-electron chi connectivity index (χ1n) is 5.74. The highest BCUT2D eigenvalue weighted by Crippen LogP contribution is 2.27. The number of phenols is 1. The number of hydrogen-bond acceptors (Lipinski definition) is 5. The molecule has 0 saturated heterocycles. The Bertz CT molecular complexity index is 696. The van der Waals surface area contributed by atoms with Crippen molar-refractivity contribution in [3.63, 3.8) is 0 Å². The molecule has 7 nitrogen and oxygen atoms in total. The maximum atomic E-state index is 12.0. The third kappa shape index (κ3) is 3.84. The molecule has 0 amide bonds. The first kappa shape index (κ1) is 16.7. The summed E-state index contributed by atoms with van der Waals surface area (Å²) in [7, 11) is -5.98. The molecule has 0 unspecified atom stereocenters. The lowest BCUT2D eigenvalue weighted by Crippen LogP contribution is -2.37. The summed E-state index contributed by atoms with van der Waals surface area (Å²) in [5, 5.41) is 9.64. The van der Waals surface area contributed by atoms with Crippen molar-refractivity contribution in [2.45, 2.75) is 24.8 Å². The first-order chi connectivity index (χ1) is 8.95. The predicted molar refractivity (Wildman–Crippen MR) is 76.7 cm³/mol. The number of anilines is 1. The second-order valence-corrected chi connectivity index (χ2v) is 8.41. The van der Waals surface area contributed by atoms with Crippen molar-refractivity contribution in [1.29, 1.82) is 0 Å². The Kier molecular flexibility index (Phi) is 4.67. The molecule has 1 aromatic rings. The highest BCUT2D eigenvalue weighted by atomic mass is 32.2.